The van der Waals surface area contributed by atoms with Crippen molar-refractivity contribution in [3.05, 3.63) is 0 Å². The van der Waals surface area contributed by atoms with E-state index in [9.17, 15) is 0 Å². The standard InChI is InChI=1S/C3H7I/c1-2-3-4/h2-3H2,1H3/i2D2,3D2. The molecule has 26 valence electrons. The molecule has 0 nitrogen and oxygen atoms in total. The van der Waals surface area contributed by atoms with E-state index in [2.05, 4.69) is 0 Å². The molecule has 0 unspecified atom stereocenters. The molecule has 0 N–H and O–H groups in total. The van der Waals surface area contributed by atoms with Crippen molar-refractivity contribution >= 4 is 22.6 Å². The zero-order valence-corrected chi connectivity index (χ0v) is 4.54. The van der Waals surface area contributed by atoms with Gasteiger partial charge in [0.25, 0.3) is 0 Å². The zero-order chi connectivity index (χ0) is 7.00. The highest BCUT2D eigenvalue weighted by molar-refractivity contribution is 14.1. The summed E-state index contributed by atoms with van der Waals surface area (Å²) < 4.78 is 25.7. The smallest absolute Gasteiger partial charge is 0.0377 e. The Balaban J connectivity index is 4.02. The predicted octanol–water partition coefficient (Wildman–Crippen LogP) is 1.83. The Morgan fingerprint density at radius 2 is 2.50 bits per heavy atom. The second kappa shape index (κ2) is 3.73. The van der Waals surface area contributed by atoms with Gasteiger partial charge in [0.05, 0.1) is 0 Å². The molecule has 4 heavy (non-hydrogen) atoms. The third-order valence-corrected chi connectivity index (χ3v) is 0.634. The van der Waals surface area contributed by atoms with E-state index in [-0.39, 0.29) is 0 Å². The van der Waals surface area contributed by atoms with Gasteiger partial charge < -0.3 is 0 Å². The molecule has 0 amide bonds. The normalized spacial score (nSPS) is 29.5. The van der Waals surface area contributed by atoms with Gasteiger partial charge in [0.1, 0.15) is 0 Å². The summed E-state index contributed by atoms with van der Waals surface area (Å²) in [6.07, 6.45) is -1.74. The minimum Gasteiger partial charge on any atom is -0.0864 e. The Bertz CT molecular complexity index is 66.3. The minimum atomic E-state index is -1.76. The monoisotopic (exact) mass is 174 g/mol. The number of hydrogen-bond acceptors (Lipinski definition) is 0. The van der Waals surface area contributed by atoms with Gasteiger partial charge in [-0.1, -0.05) is 29.5 Å². The lowest BCUT2D eigenvalue weighted by molar-refractivity contribution is 1.13. The van der Waals surface area contributed by atoms with Gasteiger partial charge in [-0.2, -0.15) is 0 Å². The molecule has 1 heteroatoms. The van der Waals surface area contributed by atoms with E-state index in [1.165, 1.54) is 29.5 Å². The first kappa shape index (κ1) is 1.10. The molecule has 0 aromatic carbocycles. The summed E-state index contributed by atoms with van der Waals surface area (Å²) in [6, 6.07) is 0. The quantitative estimate of drug-likeness (QED) is 0.420. The molecule has 0 aliphatic carbocycles. The summed E-state index contributed by atoms with van der Waals surface area (Å²) in [4.78, 5) is 0. The summed E-state index contributed by atoms with van der Waals surface area (Å²) in [5, 5.41) is 0. The van der Waals surface area contributed by atoms with Gasteiger partial charge in [-0.05, 0) is 10.8 Å². The van der Waals surface area contributed by atoms with Crippen molar-refractivity contribution in [2.75, 3.05) is 4.38 Å². The largest absolute Gasteiger partial charge is 0.0864 e. The van der Waals surface area contributed by atoms with Gasteiger partial charge in [0, 0.05) is 5.48 Å². The van der Waals surface area contributed by atoms with Gasteiger partial charge in [-0.3, -0.25) is 0 Å². The average molecular weight is 174 g/mol. The van der Waals surface area contributed by atoms with Crippen LogP contribution >= 0.6 is 22.6 Å². The van der Waals surface area contributed by atoms with Crippen LogP contribution in [0.2, 0.25) is 0 Å². The molecule has 0 saturated carbocycles. The molecule has 0 aliphatic rings. The van der Waals surface area contributed by atoms with Gasteiger partial charge in [0.15, 0.2) is 0 Å². The number of halogens is 1. The van der Waals surface area contributed by atoms with E-state index < -0.39 is 10.8 Å². The molecule has 0 fully saturated rings. The minimum absolute atomic E-state index is 1.22. The third kappa shape index (κ3) is 2.73. The SMILES string of the molecule is [2H]C([2H])(C)C([2H])([2H])I. The van der Waals surface area contributed by atoms with E-state index in [1.54, 1.807) is 0 Å². The molecule has 0 aromatic rings. The van der Waals surface area contributed by atoms with Crippen molar-refractivity contribution in [1.82, 2.24) is 0 Å². The van der Waals surface area contributed by atoms with Gasteiger partial charge >= 0.3 is 0 Å². The van der Waals surface area contributed by atoms with Gasteiger partial charge in [-0.25, -0.2) is 0 Å². The molecule has 0 aromatic heterocycles. The molecule has 0 aliphatic heterocycles. The topological polar surface area (TPSA) is 0 Å². The fraction of sp³-hybridized carbons (Fsp3) is 1.00. The van der Waals surface area contributed by atoms with Gasteiger partial charge in [0.2, 0.25) is 0 Å². The maximum Gasteiger partial charge on any atom is 0.0377 e. The Morgan fingerprint density at radius 1 is 2.25 bits per heavy atom. The molecule has 0 radical (unpaired) electrons. The van der Waals surface area contributed by atoms with E-state index in [4.69, 9.17) is 5.48 Å². The summed E-state index contributed by atoms with van der Waals surface area (Å²) in [6.45, 7) is 1.22. The Labute approximate surface area is 46.4 Å². The second-order valence-electron chi connectivity index (χ2n) is 0.344. The molecule has 0 spiro atoms. The van der Waals surface area contributed by atoms with E-state index in [1.807, 2.05) is 0 Å². The molecule has 0 rings (SSSR count). The Morgan fingerprint density at radius 3 is 2.50 bits per heavy atom. The highest BCUT2D eigenvalue weighted by Gasteiger charge is 1.58. The van der Waals surface area contributed by atoms with Crippen LogP contribution in [0.5, 0.6) is 0 Å². The summed E-state index contributed by atoms with van der Waals surface area (Å²) in [7, 11) is 0. The van der Waals surface area contributed by atoms with E-state index in [0.29, 0.717) is 0 Å². The number of hydrogen-bond donors (Lipinski definition) is 0. The van der Waals surface area contributed by atoms with Crippen molar-refractivity contribution in [1.29, 1.82) is 0 Å². The fourth-order valence-corrected chi connectivity index (χ4v) is 0. The van der Waals surface area contributed by atoms with Crippen molar-refractivity contribution in [2.45, 2.75) is 13.3 Å². The first-order valence-electron chi connectivity index (χ1n) is 2.94. The highest BCUT2D eigenvalue weighted by atomic mass is 127. The molecule has 0 saturated heterocycles. The third-order valence-electron chi connectivity index (χ3n) is 0.0945. The van der Waals surface area contributed by atoms with Crippen LogP contribution in [0.15, 0.2) is 0 Å². The summed E-state index contributed by atoms with van der Waals surface area (Å²) in [5.74, 6) is 0. The maximum absolute atomic E-state index is 6.87. The second-order valence-corrected chi connectivity index (χ2v) is 0.884. The predicted molar refractivity (Wildman–Crippen MR) is 29.2 cm³/mol. The Hall–Kier alpha value is 0.730. The zero-order valence-electron chi connectivity index (χ0n) is 6.38. The van der Waals surface area contributed by atoms with Crippen LogP contribution in [0.1, 0.15) is 18.8 Å². The van der Waals surface area contributed by atoms with Crippen LogP contribution in [0, 0.1) is 0 Å². The van der Waals surface area contributed by atoms with Crippen molar-refractivity contribution in [3.8, 4) is 0 Å². The van der Waals surface area contributed by atoms with Crippen LogP contribution in [0.3, 0.4) is 0 Å². The fourth-order valence-electron chi connectivity index (χ4n) is 0. The van der Waals surface area contributed by atoms with Crippen LogP contribution in [0.25, 0.3) is 0 Å². The van der Waals surface area contributed by atoms with E-state index >= 15 is 0 Å². The molecule has 0 bridgehead atoms. The van der Waals surface area contributed by atoms with Crippen molar-refractivity contribution in [3.63, 3.8) is 0 Å². The van der Waals surface area contributed by atoms with Crippen LogP contribution in [-0.2, 0) is 0 Å². The number of rotatable bonds is 1. The van der Waals surface area contributed by atoms with Crippen LogP contribution in [-0.4, -0.2) is 4.38 Å². The number of alkyl halides is 1. The van der Waals surface area contributed by atoms with Crippen molar-refractivity contribution < 1.29 is 5.48 Å². The molecule has 0 atom stereocenters. The lowest BCUT2D eigenvalue weighted by Gasteiger charge is -1.66. The first-order chi connectivity index (χ1) is 3.25. The van der Waals surface area contributed by atoms with Crippen molar-refractivity contribution in [2.24, 2.45) is 0 Å². The molecule has 0 heterocycles. The molecular formula is C3H7I. The lowest BCUT2D eigenvalue weighted by atomic mass is 10.6. The van der Waals surface area contributed by atoms with E-state index in [0.717, 1.165) is 0 Å². The first-order valence-corrected chi connectivity index (χ1v) is 2.02. The average Bonchev–Trinajstić information content (AvgIpc) is 1.25. The lowest BCUT2D eigenvalue weighted by Crippen LogP contribution is -1.54. The Kier molecular flexibility index (Phi) is 1.03. The summed E-state index contributed by atoms with van der Waals surface area (Å²) >= 11 is 1.44. The van der Waals surface area contributed by atoms with Crippen LogP contribution < -0.4 is 0 Å². The highest BCUT2D eigenvalue weighted by Crippen LogP contribution is 1.81. The maximum atomic E-state index is 6.87. The van der Waals surface area contributed by atoms with Gasteiger partial charge in [-0.15, -0.1) is 0 Å². The summed E-state index contributed by atoms with van der Waals surface area (Å²) in [5.41, 5.74) is 0. The molecular weight excluding hydrogens is 163 g/mol. The van der Waals surface area contributed by atoms with Crippen LogP contribution in [0.4, 0.5) is 0 Å².